The lowest BCUT2D eigenvalue weighted by Crippen LogP contribution is -2.05. The Morgan fingerprint density at radius 2 is 1.78 bits per heavy atom. The first-order valence-electron chi connectivity index (χ1n) is 7.56. The van der Waals surface area contributed by atoms with Crippen molar-refractivity contribution in [3.63, 3.8) is 0 Å². The molecule has 3 aromatic rings. The number of ether oxygens (including phenoxy) is 1. The minimum Gasteiger partial charge on any atom is -0.496 e. The van der Waals surface area contributed by atoms with E-state index in [2.05, 4.69) is 9.97 Å². The molecule has 0 fully saturated rings. The van der Waals surface area contributed by atoms with E-state index in [0.29, 0.717) is 11.4 Å². The minimum absolute atomic E-state index is 0.0284. The van der Waals surface area contributed by atoms with E-state index < -0.39 is 21.7 Å². The third-order valence-electron chi connectivity index (χ3n) is 3.78. The van der Waals surface area contributed by atoms with Gasteiger partial charge >= 0.3 is 6.18 Å². The van der Waals surface area contributed by atoms with Crippen molar-refractivity contribution in [3.05, 3.63) is 54.6 Å². The Labute approximate surface area is 153 Å². The van der Waals surface area contributed by atoms with Gasteiger partial charge in [-0.2, -0.15) is 13.2 Å². The molecule has 0 saturated heterocycles. The molecule has 0 saturated carbocycles. The largest absolute Gasteiger partial charge is 0.496 e. The van der Waals surface area contributed by atoms with Gasteiger partial charge in [0.2, 0.25) is 0 Å². The number of halogens is 3. The van der Waals surface area contributed by atoms with E-state index in [0.717, 1.165) is 12.5 Å². The van der Waals surface area contributed by atoms with Crippen LogP contribution in [-0.2, 0) is 16.0 Å². The quantitative estimate of drug-likeness (QED) is 0.676. The SMILES string of the molecule is CS(=O)(=O)c1ccc(-n2cc(C(F)(F)F)nc2-c2cnccc2O[11CH3])cc1. The maximum Gasteiger partial charge on any atom is 0.434 e. The van der Waals surface area contributed by atoms with Crippen LogP contribution in [0, 0.1) is 0 Å². The van der Waals surface area contributed by atoms with E-state index in [1.54, 1.807) is 0 Å². The van der Waals surface area contributed by atoms with Crippen molar-refractivity contribution in [2.24, 2.45) is 0 Å². The van der Waals surface area contributed by atoms with E-state index in [1.165, 1.54) is 54.4 Å². The van der Waals surface area contributed by atoms with Gasteiger partial charge in [0.1, 0.15) is 5.75 Å². The van der Waals surface area contributed by atoms with Crippen LogP contribution in [0.3, 0.4) is 0 Å². The van der Waals surface area contributed by atoms with Crippen molar-refractivity contribution in [3.8, 4) is 22.8 Å². The lowest BCUT2D eigenvalue weighted by molar-refractivity contribution is -0.140. The Morgan fingerprint density at radius 3 is 2.33 bits per heavy atom. The topological polar surface area (TPSA) is 74.1 Å². The molecular weight excluding hydrogens is 382 g/mol. The van der Waals surface area contributed by atoms with Crippen molar-refractivity contribution in [1.82, 2.24) is 14.5 Å². The fraction of sp³-hybridized carbons (Fsp3) is 0.176. The highest BCUT2D eigenvalue weighted by molar-refractivity contribution is 7.90. The first-order chi connectivity index (χ1) is 12.6. The van der Waals surface area contributed by atoms with Gasteiger partial charge in [-0.3, -0.25) is 9.55 Å². The van der Waals surface area contributed by atoms with Crippen molar-refractivity contribution in [1.29, 1.82) is 0 Å². The van der Waals surface area contributed by atoms with Crippen LogP contribution >= 0.6 is 0 Å². The molecule has 2 aromatic heterocycles. The zero-order chi connectivity index (χ0) is 19.8. The molecule has 3 rings (SSSR count). The van der Waals surface area contributed by atoms with Crippen molar-refractivity contribution >= 4 is 9.84 Å². The summed E-state index contributed by atoms with van der Waals surface area (Å²) in [6.45, 7) is 0. The average Bonchev–Trinajstić information content (AvgIpc) is 3.06. The number of aromatic nitrogens is 3. The number of methoxy groups -OCH3 is 1. The van der Waals surface area contributed by atoms with Crippen LogP contribution < -0.4 is 4.74 Å². The first-order valence-corrected chi connectivity index (χ1v) is 9.46. The lowest BCUT2D eigenvalue weighted by atomic mass is 10.2. The molecule has 6 nitrogen and oxygen atoms in total. The summed E-state index contributed by atoms with van der Waals surface area (Å²) in [6, 6.07) is 6.97. The Bertz CT molecular complexity index is 1070. The predicted molar refractivity (Wildman–Crippen MR) is 91.5 cm³/mol. The fourth-order valence-corrected chi connectivity index (χ4v) is 3.12. The molecule has 0 amide bonds. The molecule has 1 aromatic carbocycles. The molecule has 0 spiro atoms. The van der Waals surface area contributed by atoms with Crippen molar-refractivity contribution < 1.29 is 26.3 Å². The Hall–Kier alpha value is -2.88. The number of pyridine rings is 1. The molecule has 0 atom stereocenters. The van der Waals surface area contributed by atoms with Gasteiger partial charge in [-0.05, 0) is 30.3 Å². The smallest absolute Gasteiger partial charge is 0.434 e. The van der Waals surface area contributed by atoms with Crippen LogP contribution in [0.2, 0.25) is 0 Å². The number of rotatable bonds is 4. The summed E-state index contributed by atoms with van der Waals surface area (Å²) in [7, 11) is -2.04. The van der Waals surface area contributed by atoms with Gasteiger partial charge in [0.25, 0.3) is 0 Å². The predicted octanol–water partition coefficient (Wildman–Crippen LogP) is 3.37. The normalized spacial score (nSPS) is 12.2. The second-order valence-corrected chi connectivity index (χ2v) is 7.68. The molecule has 2 heterocycles. The molecule has 10 heteroatoms. The fourth-order valence-electron chi connectivity index (χ4n) is 2.49. The number of hydrogen-bond acceptors (Lipinski definition) is 5. The van der Waals surface area contributed by atoms with Gasteiger partial charge in [-0.1, -0.05) is 0 Å². The Morgan fingerprint density at radius 1 is 1.11 bits per heavy atom. The van der Waals surface area contributed by atoms with E-state index in [9.17, 15) is 21.6 Å². The molecular formula is C17H14F3N3O3S. The summed E-state index contributed by atoms with van der Waals surface area (Å²) < 4.78 is 69.2. The molecule has 0 unspecified atom stereocenters. The van der Waals surface area contributed by atoms with E-state index >= 15 is 0 Å². The molecule has 0 N–H and O–H groups in total. The van der Waals surface area contributed by atoms with Crippen LogP contribution in [0.15, 0.2) is 53.8 Å². The molecule has 27 heavy (non-hydrogen) atoms. The third-order valence-corrected chi connectivity index (χ3v) is 4.91. The summed E-state index contributed by atoms with van der Waals surface area (Å²) in [5.41, 5.74) is -0.510. The summed E-state index contributed by atoms with van der Waals surface area (Å²) in [4.78, 5) is 7.69. The first kappa shape index (κ1) is 18.9. The van der Waals surface area contributed by atoms with E-state index in [1.807, 2.05) is 0 Å². The zero-order valence-corrected chi connectivity index (χ0v) is 15.0. The average molecular weight is 396 g/mol. The number of alkyl halides is 3. The van der Waals surface area contributed by atoms with Crippen LogP contribution in [0.1, 0.15) is 5.69 Å². The van der Waals surface area contributed by atoms with Crippen molar-refractivity contribution in [2.75, 3.05) is 13.4 Å². The number of nitrogens with zero attached hydrogens (tertiary/aromatic N) is 3. The van der Waals surface area contributed by atoms with Gasteiger partial charge in [-0.25, -0.2) is 13.4 Å². The standard InChI is InChI=1S/C17H14F3N3O3S/c1-26-14-7-8-21-9-13(14)16-22-15(17(18,19)20)10-23(16)11-3-5-12(6-4-11)27(2,24)25/h3-10H,1-2H3/i1-1. The summed E-state index contributed by atoms with van der Waals surface area (Å²) in [5.74, 6) is 0.276. The molecule has 142 valence electrons. The van der Waals surface area contributed by atoms with Gasteiger partial charge in [0, 0.05) is 30.5 Å². The van der Waals surface area contributed by atoms with Crippen molar-refractivity contribution in [2.45, 2.75) is 11.1 Å². The van der Waals surface area contributed by atoms with Crippen LogP contribution in [-0.4, -0.2) is 36.3 Å². The number of imidazole rings is 1. The number of benzene rings is 1. The Kier molecular flexibility index (Phi) is 4.68. The highest BCUT2D eigenvalue weighted by Gasteiger charge is 2.35. The van der Waals surface area contributed by atoms with Gasteiger partial charge < -0.3 is 4.74 Å². The second-order valence-electron chi connectivity index (χ2n) is 5.66. The van der Waals surface area contributed by atoms with Crippen LogP contribution in [0.25, 0.3) is 17.1 Å². The second kappa shape index (κ2) is 6.69. The van der Waals surface area contributed by atoms with Gasteiger partial charge in [0.15, 0.2) is 21.4 Å². The molecule has 0 aliphatic carbocycles. The van der Waals surface area contributed by atoms with Crippen LogP contribution in [0.5, 0.6) is 5.75 Å². The molecule has 0 bridgehead atoms. The Balaban J connectivity index is 2.21. The van der Waals surface area contributed by atoms with E-state index in [-0.39, 0.29) is 16.3 Å². The maximum atomic E-state index is 13.2. The lowest BCUT2D eigenvalue weighted by Gasteiger charge is -2.11. The number of sulfone groups is 1. The highest BCUT2D eigenvalue weighted by atomic mass is 32.2. The molecule has 0 aliphatic rings. The van der Waals surface area contributed by atoms with Gasteiger partial charge in [-0.15, -0.1) is 0 Å². The highest BCUT2D eigenvalue weighted by Crippen LogP contribution is 2.35. The molecule has 0 radical (unpaired) electrons. The minimum atomic E-state index is -4.65. The summed E-state index contributed by atoms with van der Waals surface area (Å²) in [5, 5.41) is 0. The van der Waals surface area contributed by atoms with Crippen LogP contribution in [0.4, 0.5) is 13.2 Å². The van der Waals surface area contributed by atoms with Gasteiger partial charge in [0.05, 0.1) is 17.6 Å². The molecule has 0 aliphatic heterocycles. The maximum absolute atomic E-state index is 13.2. The number of hydrogen-bond donors (Lipinski definition) is 0. The summed E-state index contributed by atoms with van der Waals surface area (Å²) in [6.07, 6.45) is 0.0379. The summed E-state index contributed by atoms with van der Waals surface area (Å²) >= 11 is 0. The zero-order valence-electron chi connectivity index (χ0n) is 14.2. The third kappa shape index (κ3) is 3.80. The monoisotopic (exact) mass is 396 g/mol. The van der Waals surface area contributed by atoms with E-state index in [4.69, 9.17) is 4.74 Å².